The Hall–Kier alpha value is -2.26. The first-order valence-electron chi connectivity index (χ1n) is 14.3. The van der Waals surface area contributed by atoms with Crippen LogP contribution in [0.3, 0.4) is 0 Å². The van der Waals surface area contributed by atoms with Crippen LogP contribution >= 0.6 is 15.8 Å². The van der Waals surface area contributed by atoms with Gasteiger partial charge in [0.2, 0.25) is 0 Å². The van der Waals surface area contributed by atoms with Gasteiger partial charge in [0, 0.05) is 0 Å². The van der Waals surface area contributed by atoms with Gasteiger partial charge >= 0.3 is 0 Å². The molecule has 0 spiro atoms. The lowest BCUT2D eigenvalue weighted by atomic mass is 10.2. The van der Waals surface area contributed by atoms with Crippen LogP contribution in [0.4, 0.5) is 0 Å². The summed E-state index contributed by atoms with van der Waals surface area (Å²) in [4.78, 5) is 0. The minimum atomic E-state index is -0.487. The van der Waals surface area contributed by atoms with Gasteiger partial charge in [-0.05, 0) is 110 Å². The molecular weight excluding hydrogens is 506 g/mol. The second-order valence-electron chi connectivity index (χ2n) is 12.1. The van der Waals surface area contributed by atoms with E-state index in [2.05, 4.69) is 142 Å². The predicted octanol–water partition coefficient (Wildman–Crippen LogP) is 8.89. The summed E-state index contributed by atoms with van der Waals surface area (Å²) < 4.78 is 0. The van der Waals surface area contributed by atoms with Crippen LogP contribution in [0.1, 0.15) is 64.8 Å². The van der Waals surface area contributed by atoms with E-state index in [1.165, 1.54) is 72.1 Å². The van der Waals surface area contributed by atoms with Crippen molar-refractivity contribution in [1.82, 2.24) is 0 Å². The van der Waals surface area contributed by atoms with Crippen molar-refractivity contribution < 1.29 is 0 Å². The third-order valence-corrected chi connectivity index (χ3v) is 12.9. The summed E-state index contributed by atoms with van der Waals surface area (Å²) in [6.45, 7) is 23.0. The molecule has 39 heavy (non-hydrogen) atoms. The number of aryl methyl sites for hydroxylation is 8. The third kappa shape index (κ3) is 7.48. The molecule has 4 aromatic carbocycles. The van der Waals surface area contributed by atoms with Gasteiger partial charge in [-0.2, -0.15) is 0 Å². The van der Waals surface area contributed by atoms with Crippen LogP contribution in [0.25, 0.3) is 0 Å². The van der Waals surface area contributed by atoms with Gasteiger partial charge in [0.1, 0.15) is 0 Å². The highest BCUT2D eigenvalue weighted by atomic mass is 31.1. The first-order valence-corrected chi connectivity index (χ1v) is 17.1. The fourth-order valence-electron chi connectivity index (χ4n) is 6.38. The summed E-state index contributed by atoms with van der Waals surface area (Å²) in [5.74, 6) is 0. The van der Waals surface area contributed by atoms with Crippen molar-refractivity contribution in [2.75, 3.05) is 0 Å². The first-order chi connectivity index (χ1) is 18.4. The Labute approximate surface area is 240 Å². The predicted molar refractivity (Wildman–Crippen MR) is 180 cm³/mol. The average molecular weight is 553 g/mol. The molecule has 0 nitrogen and oxygen atoms in total. The molecule has 0 fully saturated rings. The van der Waals surface area contributed by atoms with Crippen LogP contribution in [0, 0.1) is 55.4 Å². The van der Waals surface area contributed by atoms with Gasteiger partial charge in [-0.1, -0.05) is 131 Å². The van der Waals surface area contributed by atoms with Crippen molar-refractivity contribution >= 4 is 37.1 Å². The average Bonchev–Trinajstić information content (AvgIpc) is 2.76. The Morgan fingerprint density at radius 2 is 0.538 bits per heavy atom. The molecule has 4 rings (SSSR count). The number of benzene rings is 4. The van der Waals surface area contributed by atoms with E-state index in [9.17, 15) is 0 Å². The van der Waals surface area contributed by atoms with Gasteiger partial charge in [0.05, 0.1) is 0 Å². The van der Waals surface area contributed by atoms with Gasteiger partial charge in [0.15, 0.2) is 0 Å². The van der Waals surface area contributed by atoms with Crippen molar-refractivity contribution in [2.45, 2.75) is 87.0 Å². The molecule has 0 aromatic heterocycles. The summed E-state index contributed by atoms with van der Waals surface area (Å²) in [6.07, 6.45) is 1.21. The molecule has 0 N–H and O–H groups in total. The molecule has 0 aliphatic rings. The van der Waals surface area contributed by atoms with Crippen molar-refractivity contribution in [1.29, 1.82) is 0 Å². The molecule has 0 saturated heterocycles. The molecule has 0 saturated carbocycles. The van der Waals surface area contributed by atoms with Gasteiger partial charge in [-0.25, -0.2) is 0 Å². The van der Waals surface area contributed by atoms with Gasteiger partial charge in [-0.15, -0.1) is 0 Å². The van der Waals surface area contributed by atoms with Crippen LogP contribution in [0.5, 0.6) is 0 Å². The van der Waals surface area contributed by atoms with Crippen molar-refractivity contribution in [2.24, 2.45) is 0 Å². The summed E-state index contributed by atoms with van der Waals surface area (Å²) in [5.41, 5.74) is 12.1. The quantitative estimate of drug-likeness (QED) is 0.192. The Morgan fingerprint density at radius 1 is 0.359 bits per heavy atom. The fourth-order valence-corrected chi connectivity index (χ4v) is 13.0. The number of hydrogen-bond acceptors (Lipinski definition) is 0. The van der Waals surface area contributed by atoms with E-state index < -0.39 is 15.8 Å². The zero-order chi connectivity index (χ0) is 28.4. The maximum Gasteiger partial charge on any atom is -0.0151 e. The maximum atomic E-state index is 2.52. The molecule has 0 heterocycles. The second-order valence-corrected chi connectivity index (χ2v) is 17.4. The van der Waals surface area contributed by atoms with E-state index in [-0.39, 0.29) is 0 Å². The van der Waals surface area contributed by atoms with Crippen LogP contribution in [0.15, 0.2) is 72.8 Å². The lowest BCUT2D eigenvalue weighted by Crippen LogP contribution is -2.27. The number of rotatable bonds is 8. The normalized spacial score (nSPS) is 13.2. The monoisotopic (exact) mass is 552 g/mol. The molecule has 0 aliphatic heterocycles. The van der Waals surface area contributed by atoms with Crippen LogP contribution < -0.4 is 21.2 Å². The topological polar surface area (TPSA) is 0 Å². The largest absolute Gasteiger partial charge is 0.0579 e. The smallest absolute Gasteiger partial charge is 0.0151 e. The molecule has 2 heteroatoms. The lowest BCUT2D eigenvalue weighted by molar-refractivity contribution is 0.793. The minimum absolute atomic E-state index is 0.487. The van der Waals surface area contributed by atoms with E-state index in [1.807, 2.05) is 0 Å². The highest BCUT2D eigenvalue weighted by Gasteiger charge is 2.29. The molecule has 0 radical (unpaired) electrons. The van der Waals surface area contributed by atoms with E-state index >= 15 is 0 Å². The van der Waals surface area contributed by atoms with Crippen molar-refractivity contribution in [3.8, 4) is 0 Å². The molecule has 0 unspecified atom stereocenters. The summed E-state index contributed by atoms with van der Waals surface area (Å²) in [6, 6.07) is 28.9. The summed E-state index contributed by atoms with van der Waals surface area (Å²) in [5, 5.41) is 6.09. The van der Waals surface area contributed by atoms with Crippen LogP contribution in [-0.2, 0) is 0 Å². The first kappa shape index (κ1) is 29.7. The fraction of sp³-hybridized carbons (Fsp3) is 0.351. The Balaban J connectivity index is 1.79. The molecule has 2 atom stereocenters. The maximum absolute atomic E-state index is 2.52. The Morgan fingerprint density at radius 3 is 0.718 bits per heavy atom. The van der Waals surface area contributed by atoms with Crippen LogP contribution in [-0.4, -0.2) is 11.3 Å². The van der Waals surface area contributed by atoms with Gasteiger partial charge in [-0.3, -0.25) is 0 Å². The lowest BCUT2D eigenvalue weighted by Gasteiger charge is -2.33. The number of hydrogen-bond donors (Lipinski definition) is 0. The second kappa shape index (κ2) is 12.5. The van der Waals surface area contributed by atoms with E-state index in [1.54, 1.807) is 0 Å². The highest BCUT2D eigenvalue weighted by molar-refractivity contribution is 7.74. The Kier molecular flexibility index (Phi) is 9.53. The zero-order valence-electron chi connectivity index (χ0n) is 25.7. The SMILES string of the molecule is Cc1cc(C)cc(P(c2cc(C)cc(C)c2)[C@H](C)C[C@@H](C)P(c2cc(C)cc(C)c2)c2cc(C)cc(C)c2)c1. The van der Waals surface area contributed by atoms with Crippen molar-refractivity contribution in [3.05, 3.63) is 117 Å². The van der Waals surface area contributed by atoms with E-state index in [0.29, 0.717) is 11.3 Å². The van der Waals surface area contributed by atoms with Crippen molar-refractivity contribution in [3.63, 3.8) is 0 Å². The summed E-state index contributed by atoms with van der Waals surface area (Å²) >= 11 is 0. The molecule has 0 aliphatic carbocycles. The molecule has 0 amide bonds. The standard InChI is InChI=1S/C37H46P2/c1-24-11-25(2)16-34(15-24)38(35-17-26(3)12-27(4)18-35)32(9)23-33(10)39(36-19-28(5)13-29(6)20-36)37-21-30(7)14-31(8)22-37/h11-22,32-33H,23H2,1-10H3/t32-,33-/m1/s1. The molecule has 204 valence electrons. The summed E-state index contributed by atoms with van der Waals surface area (Å²) in [7, 11) is -0.973. The van der Waals surface area contributed by atoms with Gasteiger partial charge < -0.3 is 0 Å². The molecule has 4 aromatic rings. The van der Waals surface area contributed by atoms with Crippen LogP contribution in [0.2, 0.25) is 0 Å². The van der Waals surface area contributed by atoms with E-state index in [0.717, 1.165) is 0 Å². The minimum Gasteiger partial charge on any atom is -0.0579 e. The zero-order valence-corrected chi connectivity index (χ0v) is 27.5. The van der Waals surface area contributed by atoms with Gasteiger partial charge in [0.25, 0.3) is 0 Å². The molecule has 0 bridgehead atoms. The molecular formula is C37H46P2. The van der Waals surface area contributed by atoms with E-state index in [4.69, 9.17) is 0 Å². The Bertz CT molecular complexity index is 1170. The highest BCUT2D eigenvalue weighted by Crippen LogP contribution is 2.48. The third-order valence-electron chi connectivity index (χ3n) is 7.50.